The Morgan fingerprint density at radius 1 is 1.00 bits per heavy atom. The summed E-state index contributed by atoms with van der Waals surface area (Å²) in [5.74, 6) is 0. The number of carbonyl (C=O) groups excluding carboxylic acids is 2. The van der Waals surface area contributed by atoms with Gasteiger partial charge in [0, 0.05) is 16.7 Å². The van der Waals surface area contributed by atoms with Crippen molar-refractivity contribution in [2.45, 2.75) is 12.6 Å². The molecular formula is C10H5F5O2. The molecular weight excluding hydrogens is 247 g/mol. The van der Waals surface area contributed by atoms with Crippen LogP contribution in [-0.4, -0.2) is 12.6 Å². The molecule has 92 valence electrons. The van der Waals surface area contributed by atoms with Crippen molar-refractivity contribution in [2.75, 3.05) is 0 Å². The van der Waals surface area contributed by atoms with Gasteiger partial charge < -0.3 is 0 Å². The van der Waals surface area contributed by atoms with E-state index in [9.17, 15) is 31.5 Å². The summed E-state index contributed by atoms with van der Waals surface area (Å²) in [6.07, 6.45) is -8.44. The standard InChI is InChI=1S/C10H5F5O2/c11-9(12)5-1-2-8(10(13,14)15)7(4-17)6(5)3-16/h1-4,9H. The van der Waals surface area contributed by atoms with E-state index in [1.54, 1.807) is 0 Å². The predicted octanol–water partition coefficient (Wildman–Crippen LogP) is 3.27. The Bertz CT molecular complexity index is 451. The molecule has 7 heteroatoms. The third kappa shape index (κ3) is 2.48. The lowest BCUT2D eigenvalue weighted by Gasteiger charge is -2.13. The van der Waals surface area contributed by atoms with Crippen LogP contribution in [0.15, 0.2) is 12.1 Å². The zero-order chi connectivity index (χ0) is 13.2. The molecule has 0 aliphatic heterocycles. The first-order valence-corrected chi connectivity index (χ1v) is 4.25. The molecule has 0 heterocycles. The molecule has 0 saturated carbocycles. The molecule has 0 aliphatic carbocycles. The van der Waals surface area contributed by atoms with Crippen LogP contribution in [0, 0.1) is 0 Å². The molecule has 1 aromatic rings. The summed E-state index contributed by atoms with van der Waals surface area (Å²) < 4.78 is 62.1. The minimum atomic E-state index is -4.88. The molecule has 2 nitrogen and oxygen atoms in total. The summed E-state index contributed by atoms with van der Waals surface area (Å²) >= 11 is 0. The third-order valence-electron chi connectivity index (χ3n) is 2.10. The van der Waals surface area contributed by atoms with E-state index in [0.29, 0.717) is 12.1 Å². The minimum absolute atomic E-state index is 0.180. The smallest absolute Gasteiger partial charge is 0.298 e. The third-order valence-corrected chi connectivity index (χ3v) is 2.10. The van der Waals surface area contributed by atoms with Crippen molar-refractivity contribution in [2.24, 2.45) is 0 Å². The number of rotatable bonds is 3. The van der Waals surface area contributed by atoms with Crippen LogP contribution in [0.25, 0.3) is 0 Å². The van der Waals surface area contributed by atoms with Gasteiger partial charge in [0.15, 0.2) is 12.6 Å². The summed E-state index contributed by atoms with van der Waals surface area (Å²) in [5.41, 5.74) is -4.29. The Kier molecular flexibility index (Phi) is 3.59. The van der Waals surface area contributed by atoms with Crippen LogP contribution in [0.4, 0.5) is 22.0 Å². The first kappa shape index (κ1) is 13.3. The van der Waals surface area contributed by atoms with Gasteiger partial charge in [0.25, 0.3) is 6.43 Å². The van der Waals surface area contributed by atoms with E-state index in [1.807, 2.05) is 0 Å². The first-order valence-electron chi connectivity index (χ1n) is 4.25. The van der Waals surface area contributed by atoms with Gasteiger partial charge in [-0.25, -0.2) is 8.78 Å². The quantitative estimate of drug-likeness (QED) is 0.611. The van der Waals surface area contributed by atoms with Gasteiger partial charge in [-0.2, -0.15) is 13.2 Å². The van der Waals surface area contributed by atoms with E-state index in [4.69, 9.17) is 0 Å². The van der Waals surface area contributed by atoms with Crippen molar-refractivity contribution in [1.29, 1.82) is 0 Å². The van der Waals surface area contributed by atoms with E-state index in [2.05, 4.69) is 0 Å². The van der Waals surface area contributed by atoms with E-state index >= 15 is 0 Å². The SMILES string of the molecule is O=Cc1c(C(F)F)ccc(C(F)(F)F)c1C=O. The van der Waals surface area contributed by atoms with Gasteiger partial charge in [0.05, 0.1) is 5.56 Å². The maximum atomic E-state index is 12.4. The number of alkyl halides is 5. The average Bonchev–Trinajstić information content (AvgIpc) is 2.25. The molecule has 0 atom stereocenters. The van der Waals surface area contributed by atoms with Gasteiger partial charge >= 0.3 is 6.18 Å². The largest absolute Gasteiger partial charge is 0.417 e. The number of hydrogen-bond donors (Lipinski definition) is 0. The Morgan fingerprint density at radius 2 is 1.53 bits per heavy atom. The van der Waals surface area contributed by atoms with E-state index < -0.39 is 34.9 Å². The van der Waals surface area contributed by atoms with E-state index in [1.165, 1.54) is 0 Å². The van der Waals surface area contributed by atoms with Crippen LogP contribution in [-0.2, 0) is 6.18 Å². The molecule has 0 amide bonds. The fraction of sp³-hybridized carbons (Fsp3) is 0.200. The molecule has 0 bridgehead atoms. The molecule has 0 fully saturated rings. The minimum Gasteiger partial charge on any atom is -0.298 e. The van der Waals surface area contributed by atoms with Gasteiger partial charge in [-0.1, -0.05) is 6.07 Å². The van der Waals surface area contributed by atoms with Crippen LogP contribution in [0.5, 0.6) is 0 Å². The maximum Gasteiger partial charge on any atom is 0.417 e. The van der Waals surface area contributed by atoms with E-state index in [-0.39, 0.29) is 12.6 Å². The lowest BCUT2D eigenvalue weighted by molar-refractivity contribution is -0.137. The van der Waals surface area contributed by atoms with Crippen molar-refractivity contribution in [1.82, 2.24) is 0 Å². The normalized spacial score (nSPS) is 11.6. The van der Waals surface area contributed by atoms with Crippen molar-refractivity contribution >= 4 is 12.6 Å². The van der Waals surface area contributed by atoms with Gasteiger partial charge in [-0.15, -0.1) is 0 Å². The summed E-state index contributed by atoms with van der Waals surface area (Å²) in [6, 6.07) is 0.850. The first-order chi connectivity index (χ1) is 7.82. The van der Waals surface area contributed by atoms with Gasteiger partial charge in [0.2, 0.25) is 0 Å². The fourth-order valence-electron chi connectivity index (χ4n) is 1.35. The fourth-order valence-corrected chi connectivity index (χ4v) is 1.35. The number of benzene rings is 1. The van der Waals surface area contributed by atoms with Crippen LogP contribution in [0.3, 0.4) is 0 Å². The lowest BCUT2D eigenvalue weighted by Crippen LogP contribution is -2.12. The second kappa shape index (κ2) is 4.60. The van der Waals surface area contributed by atoms with Crippen LogP contribution < -0.4 is 0 Å². The monoisotopic (exact) mass is 252 g/mol. The maximum absolute atomic E-state index is 12.4. The zero-order valence-corrected chi connectivity index (χ0v) is 8.09. The Hall–Kier alpha value is -1.79. The van der Waals surface area contributed by atoms with Crippen molar-refractivity contribution in [3.63, 3.8) is 0 Å². The Morgan fingerprint density at radius 3 is 1.88 bits per heavy atom. The van der Waals surface area contributed by atoms with Gasteiger partial charge in [0.1, 0.15) is 0 Å². The highest BCUT2D eigenvalue weighted by atomic mass is 19.4. The topological polar surface area (TPSA) is 34.1 Å². The summed E-state index contributed by atoms with van der Waals surface area (Å²) in [5, 5.41) is 0. The summed E-state index contributed by atoms with van der Waals surface area (Å²) in [6.45, 7) is 0. The molecule has 0 spiro atoms. The molecule has 0 unspecified atom stereocenters. The Balaban J connectivity index is 3.60. The molecule has 0 aliphatic rings. The highest BCUT2D eigenvalue weighted by molar-refractivity contribution is 5.93. The zero-order valence-electron chi connectivity index (χ0n) is 8.09. The van der Waals surface area contributed by atoms with Crippen LogP contribution >= 0.6 is 0 Å². The molecule has 1 rings (SSSR count). The molecule has 0 saturated heterocycles. The highest BCUT2D eigenvalue weighted by Crippen LogP contribution is 2.35. The lowest BCUT2D eigenvalue weighted by atomic mass is 9.97. The van der Waals surface area contributed by atoms with E-state index in [0.717, 1.165) is 0 Å². The van der Waals surface area contributed by atoms with Crippen molar-refractivity contribution in [3.05, 3.63) is 34.4 Å². The number of aldehydes is 2. The molecule has 0 aromatic heterocycles. The van der Waals surface area contributed by atoms with Gasteiger partial charge in [-0.3, -0.25) is 9.59 Å². The number of hydrogen-bond acceptors (Lipinski definition) is 2. The van der Waals surface area contributed by atoms with Crippen LogP contribution in [0.1, 0.15) is 38.3 Å². The second-order valence-corrected chi connectivity index (χ2v) is 3.06. The number of carbonyl (C=O) groups is 2. The molecule has 17 heavy (non-hydrogen) atoms. The predicted molar refractivity (Wildman–Crippen MR) is 47.2 cm³/mol. The van der Waals surface area contributed by atoms with Crippen molar-refractivity contribution < 1.29 is 31.5 Å². The molecule has 0 N–H and O–H groups in total. The molecule has 0 radical (unpaired) electrons. The summed E-state index contributed by atoms with van der Waals surface area (Å²) in [4.78, 5) is 21.1. The Labute approximate surface area is 92.0 Å². The second-order valence-electron chi connectivity index (χ2n) is 3.06. The average molecular weight is 252 g/mol. The van der Waals surface area contributed by atoms with Crippen molar-refractivity contribution in [3.8, 4) is 0 Å². The highest BCUT2D eigenvalue weighted by Gasteiger charge is 2.35. The number of halogens is 5. The summed E-state index contributed by atoms with van der Waals surface area (Å²) in [7, 11) is 0. The van der Waals surface area contributed by atoms with Gasteiger partial charge in [-0.05, 0) is 6.07 Å². The van der Waals surface area contributed by atoms with Crippen LogP contribution in [0.2, 0.25) is 0 Å². The molecule has 1 aromatic carbocycles.